The van der Waals surface area contributed by atoms with Crippen molar-refractivity contribution < 1.29 is 14.4 Å². The van der Waals surface area contributed by atoms with Gasteiger partial charge in [0.1, 0.15) is 11.6 Å². The van der Waals surface area contributed by atoms with Gasteiger partial charge in [0.25, 0.3) is 5.91 Å². The van der Waals surface area contributed by atoms with Gasteiger partial charge in [0.15, 0.2) is 0 Å². The first-order chi connectivity index (χ1) is 12.0. The van der Waals surface area contributed by atoms with Gasteiger partial charge in [0.05, 0.1) is 22.8 Å². The number of aromatic nitrogens is 3. The predicted octanol–water partition coefficient (Wildman–Crippen LogP) is 1.84. The molecule has 1 aliphatic heterocycles. The van der Waals surface area contributed by atoms with Crippen molar-refractivity contribution in [3.05, 3.63) is 47.1 Å². The molecule has 0 bridgehead atoms. The van der Waals surface area contributed by atoms with Crippen LogP contribution in [0.25, 0.3) is 11.0 Å². The number of hydrogen-bond donors (Lipinski definition) is 2. The Hall–Kier alpha value is -2.67. The monoisotopic (exact) mass is 340 g/mol. The second-order valence-electron chi connectivity index (χ2n) is 6.73. The van der Waals surface area contributed by atoms with Gasteiger partial charge in [-0.05, 0) is 32.0 Å². The molecule has 2 atom stereocenters. The number of likely N-dealkylation sites (tertiary alicyclic amines) is 1. The lowest BCUT2D eigenvalue weighted by Crippen LogP contribution is -2.29. The van der Waals surface area contributed by atoms with E-state index in [9.17, 15) is 9.90 Å². The van der Waals surface area contributed by atoms with Crippen molar-refractivity contribution in [2.75, 3.05) is 13.1 Å². The Morgan fingerprint density at radius 2 is 2.20 bits per heavy atom. The minimum atomic E-state index is -0.563. The van der Waals surface area contributed by atoms with Crippen molar-refractivity contribution >= 4 is 16.9 Å². The summed E-state index contributed by atoms with van der Waals surface area (Å²) in [6, 6.07) is 7.31. The maximum atomic E-state index is 12.8. The lowest BCUT2D eigenvalue weighted by Gasteiger charge is -2.16. The molecule has 7 heteroatoms. The quantitative estimate of drug-likeness (QED) is 0.758. The molecular formula is C18H20N4O3. The summed E-state index contributed by atoms with van der Waals surface area (Å²) in [7, 11) is 0. The average molecular weight is 340 g/mol. The van der Waals surface area contributed by atoms with Crippen LogP contribution in [0.5, 0.6) is 0 Å². The summed E-state index contributed by atoms with van der Waals surface area (Å²) >= 11 is 0. The Balaban J connectivity index is 1.49. The van der Waals surface area contributed by atoms with Crippen LogP contribution < -0.4 is 0 Å². The van der Waals surface area contributed by atoms with E-state index in [0.29, 0.717) is 25.1 Å². The van der Waals surface area contributed by atoms with Gasteiger partial charge in [-0.15, -0.1) is 0 Å². The molecule has 0 aliphatic carbocycles. The zero-order valence-corrected chi connectivity index (χ0v) is 14.2. The number of amides is 1. The summed E-state index contributed by atoms with van der Waals surface area (Å²) in [5.74, 6) is 1.43. The topological polar surface area (TPSA) is 95.2 Å². The Kier molecular flexibility index (Phi) is 3.80. The first kappa shape index (κ1) is 15.8. The fourth-order valence-corrected chi connectivity index (χ4v) is 3.44. The molecule has 1 amide bonds. The number of aliphatic hydroxyl groups excluding tert-OH is 1. The number of hydrogen-bond acceptors (Lipinski definition) is 5. The summed E-state index contributed by atoms with van der Waals surface area (Å²) in [6.07, 6.45) is 0.0115. The van der Waals surface area contributed by atoms with Crippen LogP contribution >= 0.6 is 0 Å². The van der Waals surface area contributed by atoms with Crippen LogP contribution in [-0.4, -0.2) is 50.2 Å². The number of aromatic amines is 1. The molecule has 1 aromatic carbocycles. The average Bonchev–Trinajstić information content (AvgIpc) is 3.25. The van der Waals surface area contributed by atoms with E-state index in [1.54, 1.807) is 11.0 Å². The number of carbonyl (C=O) groups excluding carboxylic acids is 1. The molecule has 0 radical (unpaired) electrons. The van der Waals surface area contributed by atoms with Gasteiger partial charge in [-0.2, -0.15) is 0 Å². The minimum absolute atomic E-state index is 0.0468. The van der Waals surface area contributed by atoms with Crippen molar-refractivity contribution in [1.82, 2.24) is 20.0 Å². The Labute approximate surface area is 144 Å². The van der Waals surface area contributed by atoms with E-state index in [-0.39, 0.29) is 11.8 Å². The third kappa shape index (κ3) is 3.02. The van der Waals surface area contributed by atoms with Crippen LogP contribution in [0.4, 0.5) is 0 Å². The number of aryl methyl sites for hydroxylation is 2. The van der Waals surface area contributed by atoms with Gasteiger partial charge < -0.3 is 19.5 Å². The van der Waals surface area contributed by atoms with Crippen molar-refractivity contribution in [1.29, 1.82) is 0 Å². The number of rotatable bonds is 3. The fraction of sp³-hybridized carbons (Fsp3) is 0.389. The Morgan fingerprint density at radius 1 is 1.36 bits per heavy atom. The molecule has 1 fully saturated rings. The molecule has 25 heavy (non-hydrogen) atoms. The van der Waals surface area contributed by atoms with E-state index in [1.807, 2.05) is 32.0 Å². The maximum absolute atomic E-state index is 12.8. The number of imidazole rings is 1. The smallest absolute Gasteiger partial charge is 0.254 e. The summed E-state index contributed by atoms with van der Waals surface area (Å²) in [6.45, 7) is 4.58. The van der Waals surface area contributed by atoms with Gasteiger partial charge in [-0.25, -0.2) is 4.98 Å². The van der Waals surface area contributed by atoms with E-state index >= 15 is 0 Å². The highest BCUT2D eigenvalue weighted by Gasteiger charge is 2.35. The molecule has 7 nitrogen and oxygen atoms in total. The van der Waals surface area contributed by atoms with Gasteiger partial charge in [-0.3, -0.25) is 4.79 Å². The largest absolute Gasteiger partial charge is 0.391 e. The number of β-amino-alcohol motifs (C(OH)–C–C–N with tert-alkyl or cyclic N) is 1. The molecule has 2 N–H and O–H groups in total. The molecule has 1 saturated heterocycles. The number of aliphatic hydroxyl groups is 1. The van der Waals surface area contributed by atoms with Gasteiger partial charge in [0, 0.05) is 37.1 Å². The number of benzene rings is 1. The zero-order valence-electron chi connectivity index (χ0n) is 14.2. The number of H-pyrrole nitrogens is 1. The summed E-state index contributed by atoms with van der Waals surface area (Å²) < 4.78 is 5.23. The lowest BCUT2D eigenvalue weighted by molar-refractivity contribution is 0.0764. The molecule has 0 saturated carbocycles. The first-order valence-electron chi connectivity index (χ1n) is 8.35. The van der Waals surface area contributed by atoms with Crippen LogP contribution in [-0.2, 0) is 6.42 Å². The minimum Gasteiger partial charge on any atom is -0.391 e. The second kappa shape index (κ2) is 6.00. The summed E-state index contributed by atoms with van der Waals surface area (Å²) in [5.41, 5.74) is 3.10. The maximum Gasteiger partial charge on any atom is 0.254 e. The Bertz CT molecular complexity index is 929. The van der Waals surface area contributed by atoms with E-state index in [0.717, 1.165) is 28.3 Å². The number of fused-ring (bicyclic) bond motifs is 1. The lowest BCUT2D eigenvalue weighted by atomic mass is 10.0. The van der Waals surface area contributed by atoms with Crippen LogP contribution in [0.15, 0.2) is 28.8 Å². The van der Waals surface area contributed by atoms with Gasteiger partial charge >= 0.3 is 0 Å². The molecule has 2 aromatic heterocycles. The summed E-state index contributed by atoms with van der Waals surface area (Å²) in [4.78, 5) is 22.0. The molecule has 130 valence electrons. The molecule has 0 unspecified atom stereocenters. The number of nitrogens with zero attached hydrogens (tertiary/aromatic N) is 3. The SMILES string of the molecule is Cc1cc(C[C@@H]2CN(C(=O)c3ccc4nc(C)[nH]c4c3)C[C@@H]2O)on1. The third-order valence-electron chi connectivity index (χ3n) is 4.68. The molecular weight excluding hydrogens is 320 g/mol. The van der Waals surface area contributed by atoms with Crippen LogP contribution in [0, 0.1) is 19.8 Å². The Morgan fingerprint density at radius 3 is 2.96 bits per heavy atom. The van der Waals surface area contributed by atoms with Gasteiger partial charge in [-0.1, -0.05) is 5.16 Å². The molecule has 0 spiro atoms. The van der Waals surface area contributed by atoms with E-state index in [1.165, 1.54) is 0 Å². The summed E-state index contributed by atoms with van der Waals surface area (Å²) in [5, 5.41) is 14.2. The molecule has 3 aromatic rings. The zero-order chi connectivity index (χ0) is 17.6. The highest BCUT2D eigenvalue weighted by atomic mass is 16.5. The van der Waals surface area contributed by atoms with E-state index in [2.05, 4.69) is 15.1 Å². The third-order valence-corrected chi connectivity index (χ3v) is 4.68. The van der Waals surface area contributed by atoms with E-state index < -0.39 is 6.10 Å². The van der Waals surface area contributed by atoms with Crippen molar-refractivity contribution in [3.8, 4) is 0 Å². The molecule has 1 aliphatic rings. The van der Waals surface area contributed by atoms with Crippen LogP contribution in [0.1, 0.15) is 27.6 Å². The van der Waals surface area contributed by atoms with Crippen molar-refractivity contribution in [2.24, 2.45) is 5.92 Å². The number of nitrogens with one attached hydrogen (secondary N) is 1. The first-order valence-corrected chi connectivity index (χ1v) is 8.35. The standard InChI is InChI=1S/C18H20N4O3/c1-10-5-14(25-21-10)6-13-8-22(9-17(13)23)18(24)12-3-4-15-16(7-12)20-11(2)19-15/h3-5,7,13,17,23H,6,8-9H2,1-2H3,(H,19,20)/t13-,17+/m1/s1. The van der Waals surface area contributed by atoms with Crippen molar-refractivity contribution in [3.63, 3.8) is 0 Å². The predicted molar refractivity (Wildman–Crippen MR) is 91.2 cm³/mol. The molecule has 3 heterocycles. The van der Waals surface area contributed by atoms with Crippen LogP contribution in [0.2, 0.25) is 0 Å². The van der Waals surface area contributed by atoms with Crippen LogP contribution in [0.3, 0.4) is 0 Å². The van der Waals surface area contributed by atoms with Crippen molar-refractivity contribution in [2.45, 2.75) is 26.4 Å². The fourth-order valence-electron chi connectivity index (χ4n) is 3.44. The highest BCUT2D eigenvalue weighted by Crippen LogP contribution is 2.24. The highest BCUT2D eigenvalue weighted by molar-refractivity contribution is 5.97. The molecule has 4 rings (SSSR count). The van der Waals surface area contributed by atoms with Gasteiger partial charge in [0.2, 0.25) is 0 Å². The number of carbonyl (C=O) groups is 1. The normalized spacial score (nSPS) is 20.5. The van der Waals surface area contributed by atoms with E-state index in [4.69, 9.17) is 4.52 Å². The second-order valence-corrected chi connectivity index (χ2v) is 6.73.